The minimum atomic E-state index is 0.194. The van der Waals surface area contributed by atoms with Gasteiger partial charge in [-0.3, -0.25) is 4.79 Å². The lowest BCUT2D eigenvalue weighted by molar-refractivity contribution is -0.129. The summed E-state index contributed by atoms with van der Waals surface area (Å²) in [4.78, 5) is 14.0. The van der Waals surface area contributed by atoms with Gasteiger partial charge in [-0.1, -0.05) is 41.4 Å². The number of hydrogen-bond acceptors (Lipinski definition) is 2. The first-order valence-electron chi connectivity index (χ1n) is 8.72. The minimum absolute atomic E-state index is 0.194. The number of nitrogens with zero attached hydrogens (tertiary/aromatic N) is 1. The van der Waals surface area contributed by atoms with Crippen molar-refractivity contribution in [1.29, 1.82) is 0 Å². The number of carbonyl (C=O) groups is 1. The number of hydrogen-bond donors (Lipinski definition) is 0. The summed E-state index contributed by atoms with van der Waals surface area (Å²) < 4.78 is 5.66. The first-order valence-corrected chi connectivity index (χ1v) is 9.10. The first-order chi connectivity index (χ1) is 12.0. The number of carbonyl (C=O) groups excluding carboxylic acids is 1. The third kappa shape index (κ3) is 7.18. The van der Waals surface area contributed by atoms with E-state index in [0.29, 0.717) is 18.1 Å². The van der Waals surface area contributed by atoms with Crippen molar-refractivity contribution in [2.45, 2.75) is 32.6 Å². The Kier molecular flexibility index (Phi) is 7.80. The number of aryl methyl sites for hydroxylation is 2. The van der Waals surface area contributed by atoms with Crippen molar-refractivity contribution in [2.75, 3.05) is 20.2 Å². The van der Waals surface area contributed by atoms with Gasteiger partial charge < -0.3 is 9.64 Å². The Morgan fingerprint density at radius 2 is 1.72 bits per heavy atom. The molecule has 0 unspecified atom stereocenters. The highest BCUT2D eigenvalue weighted by Crippen LogP contribution is 2.15. The van der Waals surface area contributed by atoms with Crippen molar-refractivity contribution in [3.8, 4) is 5.75 Å². The Morgan fingerprint density at radius 1 is 1.04 bits per heavy atom. The fourth-order valence-electron chi connectivity index (χ4n) is 2.49. The largest absolute Gasteiger partial charge is 0.494 e. The zero-order valence-electron chi connectivity index (χ0n) is 15.0. The van der Waals surface area contributed by atoms with Crippen LogP contribution in [0, 0.1) is 6.92 Å². The molecular formula is C21H26ClNO2. The Hall–Kier alpha value is -2.00. The molecule has 0 aliphatic rings. The molecule has 0 N–H and O–H groups in total. The maximum Gasteiger partial charge on any atom is 0.222 e. The summed E-state index contributed by atoms with van der Waals surface area (Å²) >= 11 is 5.84. The Balaban J connectivity index is 1.59. The molecule has 0 saturated carbocycles. The molecule has 0 aliphatic carbocycles. The van der Waals surface area contributed by atoms with E-state index in [9.17, 15) is 4.79 Å². The van der Waals surface area contributed by atoms with Crippen LogP contribution in [0.4, 0.5) is 0 Å². The summed E-state index contributed by atoms with van der Waals surface area (Å²) in [5, 5.41) is 0.707. The third-order valence-electron chi connectivity index (χ3n) is 4.14. The molecule has 0 heterocycles. The highest BCUT2D eigenvalue weighted by Gasteiger charge is 2.08. The van der Waals surface area contributed by atoms with E-state index >= 15 is 0 Å². The Labute approximate surface area is 155 Å². The molecule has 25 heavy (non-hydrogen) atoms. The summed E-state index contributed by atoms with van der Waals surface area (Å²) in [5.41, 5.74) is 2.46. The van der Waals surface area contributed by atoms with Crippen LogP contribution in [-0.2, 0) is 11.2 Å². The monoisotopic (exact) mass is 359 g/mol. The molecule has 0 radical (unpaired) electrons. The molecule has 1 amide bonds. The van der Waals surface area contributed by atoms with Crippen LogP contribution in [0.15, 0.2) is 48.5 Å². The maximum absolute atomic E-state index is 12.2. The number of ether oxygens (including phenoxy) is 1. The first kappa shape index (κ1) is 19.3. The second-order valence-electron chi connectivity index (χ2n) is 6.31. The number of benzene rings is 2. The van der Waals surface area contributed by atoms with Crippen molar-refractivity contribution in [3.63, 3.8) is 0 Å². The molecule has 0 aliphatic heterocycles. The van der Waals surface area contributed by atoms with E-state index in [1.165, 1.54) is 11.1 Å². The topological polar surface area (TPSA) is 29.5 Å². The van der Waals surface area contributed by atoms with Gasteiger partial charge in [0.1, 0.15) is 5.75 Å². The minimum Gasteiger partial charge on any atom is -0.494 e. The van der Waals surface area contributed by atoms with E-state index in [0.717, 1.165) is 31.6 Å². The van der Waals surface area contributed by atoms with Gasteiger partial charge in [-0.15, -0.1) is 0 Å². The van der Waals surface area contributed by atoms with Crippen molar-refractivity contribution in [1.82, 2.24) is 4.90 Å². The van der Waals surface area contributed by atoms with Gasteiger partial charge in [0.2, 0.25) is 5.91 Å². The van der Waals surface area contributed by atoms with E-state index in [2.05, 4.69) is 31.2 Å². The summed E-state index contributed by atoms with van der Waals surface area (Å²) in [6.45, 7) is 3.48. The van der Waals surface area contributed by atoms with Crippen LogP contribution in [0.5, 0.6) is 5.75 Å². The third-order valence-corrected chi connectivity index (χ3v) is 4.40. The molecule has 2 rings (SSSR count). The molecule has 0 fully saturated rings. The predicted molar refractivity (Wildman–Crippen MR) is 103 cm³/mol. The van der Waals surface area contributed by atoms with Gasteiger partial charge in [0.15, 0.2) is 0 Å². The van der Waals surface area contributed by atoms with Crippen LogP contribution in [0.2, 0.25) is 5.02 Å². The molecule has 0 spiro atoms. The number of amides is 1. The smallest absolute Gasteiger partial charge is 0.222 e. The van der Waals surface area contributed by atoms with Gasteiger partial charge in [-0.2, -0.15) is 0 Å². The Morgan fingerprint density at radius 3 is 2.40 bits per heavy atom. The standard InChI is InChI=1S/C21H26ClNO2/c1-17-5-7-18(8-6-17)9-14-21(24)23(2)15-3-4-16-25-20-12-10-19(22)11-13-20/h5-8,10-13H,3-4,9,14-16H2,1-2H3. The van der Waals surface area contributed by atoms with Crippen LogP contribution in [0.25, 0.3) is 0 Å². The normalized spacial score (nSPS) is 10.5. The zero-order chi connectivity index (χ0) is 18.1. The lowest BCUT2D eigenvalue weighted by Crippen LogP contribution is -2.28. The van der Waals surface area contributed by atoms with E-state index < -0.39 is 0 Å². The van der Waals surface area contributed by atoms with Crippen LogP contribution in [0.1, 0.15) is 30.4 Å². The maximum atomic E-state index is 12.2. The molecular weight excluding hydrogens is 334 g/mol. The predicted octanol–water partition coefficient (Wildman–Crippen LogP) is 4.90. The van der Waals surface area contributed by atoms with Gasteiger partial charge in [-0.05, 0) is 56.0 Å². The van der Waals surface area contributed by atoms with E-state index in [1.54, 1.807) is 0 Å². The second-order valence-corrected chi connectivity index (χ2v) is 6.75. The van der Waals surface area contributed by atoms with Crippen molar-refractivity contribution in [3.05, 3.63) is 64.7 Å². The van der Waals surface area contributed by atoms with Gasteiger partial charge in [0, 0.05) is 25.0 Å². The van der Waals surface area contributed by atoms with Gasteiger partial charge in [0.05, 0.1) is 6.61 Å². The Bertz CT molecular complexity index is 653. The molecule has 4 heteroatoms. The summed E-state index contributed by atoms with van der Waals surface area (Å²) in [7, 11) is 1.87. The lowest BCUT2D eigenvalue weighted by Gasteiger charge is -2.17. The van der Waals surface area contributed by atoms with E-state index in [4.69, 9.17) is 16.3 Å². The SMILES string of the molecule is Cc1ccc(CCC(=O)N(C)CCCCOc2ccc(Cl)cc2)cc1. The summed E-state index contributed by atoms with van der Waals surface area (Å²) in [6.07, 6.45) is 3.20. The van der Waals surface area contributed by atoms with Gasteiger partial charge in [0.25, 0.3) is 0 Å². The molecule has 2 aromatic rings. The van der Waals surface area contributed by atoms with Crippen LogP contribution in [0.3, 0.4) is 0 Å². The average Bonchev–Trinajstić information content (AvgIpc) is 2.62. The summed E-state index contributed by atoms with van der Waals surface area (Å²) in [6, 6.07) is 15.7. The molecule has 0 atom stereocenters. The van der Waals surface area contributed by atoms with Gasteiger partial charge >= 0.3 is 0 Å². The number of halogens is 1. The van der Waals surface area contributed by atoms with Crippen LogP contribution >= 0.6 is 11.6 Å². The van der Waals surface area contributed by atoms with E-state index in [1.807, 2.05) is 36.2 Å². The van der Waals surface area contributed by atoms with Crippen molar-refractivity contribution >= 4 is 17.5 Å². The fraction of sp³-hybridized carbons (Fsp3) is 0.381. The van der Waals surface area contributed by atoms with Gasteiger partial charge in [-0.25, -0.2) is 0 Å². The molecule has 3 nitrogen and oxygen atoms in total. The zero-order valence-corrected chi connectivity index (χ0v) is 15.8. The molecule has 0 bridgehead atoms. The summed E-state index contributed by atoms with van der Waals surface area (Å²) in [5.74, 6) is 1.02. The van der Waals surface area contributed by atoms with Crippen molar-refractivity contribution < 1.29 is 9.53 Å². The quantitative estimate of drug-likeness (QED) is 0.596. The van der Waals surface area contributed by atoms with Crippen LogP contribution < -0.4 is 4.74 Å². The molecule has 0 aromatic heterocycles. The molecule has 0 saturated heterocycles. The highest BCUT2D eigenvalue weighted by atomic mass is 35.5. The second kappa shape index (κ2) is 10.1. The van der Waals surface area contributed by atoms with Crippen molar-refractivity contribution in [2.24, 2.45) is 0 Å². The average molecular weight is 360 g/mol. The molecule has 134 valence electrons. The number of unbranched alkanes of at least 4 members (excludes halogenated alkanes) is 1. The number of rotatable bonds is 9. The fourth-order valence-corrected chi connectivity index (χ4v) is 2.62. The molecule has 2 aromatic carbocycles. The van der Waals surface area contributed by atoms with E-state index in [-0.39, 0.29) is 5.91 Å². The highest BCUT2D eigenvalue weighted by molar-refractivity contribution is 6.30. The lowest BCUT2D eigenvalue weighted by atomic mass is 10.1. The van der Waals surface area contributed by atoms with Crippen LogP contribution in [-0.4, -0.2) is 31.0 Å².